The van der Waals surface area contributed by atoms with Crippen LogP contribution in [0.15, 0.2) is 10.6 Å². The van der Waals surface area contributed by atoms with Crippen molar-refractivity contribution in [3.63, 3.8) is 0 Å². The maximum absolute atomic E-state index is 12.4. The van der Waals surface area contributed by atoms with Gasteiger partial charge < -0.3 is 4.52 Å². The van der Waals surface area contributed by atoms with E-state index in [2.05, 4.69) is 10.1 Å². The van der Waals surface area contributed by atoms with Gasteiger partial charge in [0.2, 0.25) is 0 Å². The molecule has 0 saturated carbocycles. The first-order valence-electron chi connectivity index (χ1n) is 7.37. The Morgan fingerprint density at radius 2 is 1.86 bits per heavy atom. The Morgan fingerprint density at radius 3 is 2.33 bits per heavy atom. The monoisotopic (exact) mass is 316 g/mol. The molecule has 0 radical (unpaired) electrons. The van der Waals surface area contributed by atoms with Crippen LogP contribution in [0.3, 0.4) is 0 Å². The van der Waals surface area contributed by atoms with Gasteiger partial charge in [0.15, 0.2) is 5.76 Å². The predicted octanol–water partition coefficient (Wildman–Crippen LogP) is 0.687. The molecule has 120 valence electrons. The Kier molecular flexibility index (Phi) is 5.37. The normalized spacial score (nSPS) is 18.5. The molecule has 1 saturated heterocycles. The van der Waals surface area contributed by atoms with Crippen LogP contribution in [0.2, 0.25) is 0 Å². The van der Waals surface area contributed by atoms with Crippen molar-refractivity contribution in [3.05, 3.63) is 17.5 Å². The summed E-state index contributed by atoms with van der Waals surface area (Å²) in [6.07, 6.45) is 0. The van der Waals surface area contributed by atoms with Crippen LogP contribution in [0.5, 0.6) is 0 Å². The van der Waals surface area contributed by atoms with Crippen molar-refractivity contribution >= 4 is 10.2 Å². The lowest BCUT2D eigenvalue weighted by Crippen LogP contribution is -2.52. The van der Waals surface area contributed by atoms with E-state index in [1.807, 2.05) is 26.8 Å². The van der Waals surface area contributed by atoms with E-state index in [0.29, 0.717) is 45.8 Å². The largest absolute Gasteiger partial charge is 0.360 e. The molecular formula is C13H24N4O3S. The highest BCUT2D eigenvalue weighted by Gasteiger charge is 2.30. The maximum Gasteiger partial charge on any atom is 0.282 e. The zero-order valence-electron chi connectivity index (χ0n) is 12.9. The molecule has 0 bridgehead atoms. The van der Waals surface area contributed by atoms with Crippen molar-refractivity contribution < 1.29 is 12.9 Å². The Labute approximate surface area is 126 Å². The molecule has 0 unspecified atom stereocenters. The van der Waals surface area contributed by atoms with Crippen molar-refractivity contribution in [2.45, 2.75) is 27.3 Å². The van der Waals surface area contributed by atoms with E-state index in [1.54, 1.807) is 4.31 Å². The molecule has 8 heteroatoms. The number of piperazine rings is 1. The van der Waals surface area contributed by atoms with Gasteiger partial charge in [0.1, 0.15) is 0 Å². The molecule has 7 nitrogen and oxygen atoms in total. The number of nitrogens with zero attached hydrogens (tertiary/aromatic N) is 4. The van der Waals surface area contributed by atoms with E-state index < -0.39 is 10.2 Å². The standard InChI is InChI=1S/C13H24N4O3S/c1-4-16(5-2)21(18,19)17-8-6-15(7-9-17)11-13-10-12(3)14-20-13/h10H,4-9,11H2,1-3H3. The summed E-state index contributed by atoms with van der Waals surface area (Å²) in [5.74, 6) is 0.826. The summed E-state index contributed by atoms with van der Waals surface area (Å²) in [4.78, 5) is 2.19. The topological polar surface area (TPSA) is 69.9 Å². The first-order chi connectivity index (χ1) is 9.97. The SMILES string of the molecule is CCN(CC)S(=O)(=O)N1CCN(Cc2cc(C)no2)CC1. The third-order valence-electron chi connectivity index (χ3n) is 3.75. The van der Waals surface area contributed by atoms with E-state index in [9.17, 15) is 8.42 Å². The quantitative estimate of drug-likeness (QED) is 0.772. The smallest absolute Gasteiger partial charge is 0.282 e. The van der Waals surface area contributed by atoms with Gasteiger partial charge in [-0.3, -0.25) is 4.90 Å². The molecular weight excluding hydrogens is 292 g/mol. The second kappa shape index (κ2) is 6.87. The summed E-state index contributed by atoms with van der Waals surface area (Å²) < 4.78 is 33.1. The second-order valence-corrected chi connectivity index (χ2v) is 7.13. The molecule has 0 aromatic carbocycles. The first-order valence-corrected chi connectivity index (χ1v) is 8.76. The van der Waals surface area contributed by atoms with Crippen LogP contribution in [0.4, 0.5) is 0 Å². The fraction of sp³-hybridized carbons (Fsp3) is 0.769. The Balaban J connectivity index is 1.91. The van der Waals surface area contributed by atoms with E-state index in [-0.39, 0.29) is 0 Å². The molecule has 1 fully saturated rings. The zero-order chi connectivity index (χ0) is 15.5. The molecule has 21 heavy (non-hydrogen) atoms. The van der Waals surface area contributed by atoms with Gasteiger partial charge in [-0.2, -0.15) is 17.0 Å². The molecule has 2 heterocycles. The molecule has 1 aromatic heterocycles. The number of hydrogen-bond donors (Lipinski definition) is 0. The zero-order valence-corrected chi connectivity index (χ0v) is 13.8. The maximum atomic E-state index is 12.4. The lowest BCUT2D eigenvalue weighted by Gasteiger charge is -2.35. The minimum atomic E-state index is -3.31. The highest BCUT2D eigenvalue weighted by atomic mass is 32.2. The van der Waals surface area contributed by atoms with Crippen LogP contribution in [-0.2, 0) is 16.8 Å². The summed E-state index contributed by atoms with van der Waals surface area (Å²) in [5.41, 5.74) is 0.868. The van der Waals surface area contributed by atoms with Gasteiger partial charge >= 0.3 is 0 Å². The van der Waals surface area contributed by atoms with E-state index >= 15 is 0 Å². The fourth-order valence-electron chi connectivity index (χ4n) is 2.54. The minimum Gasteiger partial charge on any atom is -0.360 e. The molecule has 2 rings (SSSR count). The summed E-state index contributed by atoms with van der Waals surface area (Å²) >= 11 is 0. The summed E-state index contributed by atoms with van der Waals surface area (Å²) in [6.45, 7) is 9.78. The van der Waals surface area contributed by atoms with Crippen LogP contribution in [0.1, 0.15) is 25.3 Å². The van der Waals surface area contributed by atoms with Gasteiger partial charge in [-0.25, -0.2) is 0 Å². The van der Waals surface area contributed by atoms with Gasteiger partial charge in [0.05, 0.1) is 12.2 Å². The van der Waals surface area contributed by atoms with Gasteiger partial charge in [0, 0.05) is 45.3 Å². The second-order valence-electron chi connectivity index (χ2n) is 5.20. The third kappa shape index (κ3) is 3.82. The number of aromatic nitrogens is 1. The molecule has 1 aliphatic rings. The van der Waals surface area contributed by atoms with Gasteiger partial charge in [-0.15, -0.1) is 0 Å². The van der Waals surface area contributed by atoms with Crippen molar-refractivity contribution in [2.24, 2.45) is 0 Å². The fourth-order valence-corrected chi connectivity index (χ4v) is 4.15. The van der Waals surface area contributed by atoms with E-state index in [4.69, 9.17) is 4.52 Å². The van der Waals surface area contributed by atoms with Crippen LogP contribution >= 0.6 is 0 Å². The predicted molar refractivity (Wildman–Crippen MR) is 79.9 cm³/mol. The number of rotatable bonds is 6. The van der Waals surface area contributed by atoms with E-state index in [0.717, 1.165) is 11.5 Å². The Bertz CT molecular complexity index is 546. The molecule has 0 spiro atoms. The van der Waals surface area contributed by atoms with Crippen LogP contribution in [0, 0.1) is 6.92 Å². The Morgan fingerprint density at radius 1 is 1.24 bits per heavy atom. The highest BCUT2D eigenvalue weighted by molar-refractivity contribution is 7.86. The summed E-state index contributed by atoms with van der Waals surface area (Å²) in [6, 6.07) is 1.92. The summed E-state index contributed by atoms with van der Waals surface area (Å²) in [5, 5.41) is 3.87. The molecule has 0 aliphatic carbocycles. The minimum absolute atomic E-state index is 0.510. The highest BCUT2D eigenvalue weighted by Crippen LogP contribution is 2.14. The molecule has 0 N–H and O–H groups in total. The average Bonchev–Trinajstić information content (AvgIpc) is 2.86. The average molecular weight is 316 g/mol. The number of aryl methyl sites for hydroxylation is 1. The van der Waals surface area contributed by atoms with Crippen LogP contribution in [-0.4, -0.2) is 66.4 Å². The summed E-state index contributed by atoms with van der Waals surface area (Å²) in [7, 11) is -3.31. The molecule has 0 amide bonds. The van der Waals surface area contributed by atoms with Crippen molar-refractivity contribution in [2.75, 3.05) is 39.3 Å². The van der Waals surface area contributed by atoms with Crippen molar-refractivity contribution in [1.29, 1.82) is 0 Å². The van der Waals surface area contributed by atoms with E-state index in [1.165, 1.54) is 4.31 Å². The number of hydrogen-bond acceptors (Lipinski definition) is 5. The van der Waals surface area contributed by atoms with Crippen LogP contribution < -0.4 is 0 Å². The van der Waals surface area contributed by atoms with Gasteiger partial charge in [0.25, 0.3) is 10.2 Å². The van der Waals surface area contributed by atoms with Crippen molar-refractivity contribution in [3.8, 4) is 0 Å². The molecule has 0 atom stereocenters. The lowest BCUT2D eigenvalue weighted by molar-refractivity contribution is 0.161. The van der Waals surface area contributed by atoms with Crippen molar-refractivity contribution in [1.82, 2.24) is 18.7 Å². The molecule has 1 aromatic rings. The van der Waals surface area contributed by atoms with Gasteiger partial charge in [-0.05, 0) is 6.92 Å². The lowest BCUT2D eigenvalue weighted by atomic mass is 10.3. The van der Waals surface area contributed by atoms with Crippen LogP contribution in [0.25, 0.3) is 0 Å². The Hall–Kier alpha value is -0.960. The third-order valence-corrected chi connectivity index (χ3v) is 5.93. The molecule has 1 aliphatic heterocycles. The van der Waals surface area contributed by atoms with Gasteiger partial charge in [-0.1, -0.05) is 19.0 Å². The first kappa shape index (κ1) is 16.4.